The van der Waals surface area contributed by atoms with E-state index in [4.69, 9.17) is 20.4 Å². The van der Waals surface area contributed by atoms with Crippen LogP contribution in [0.5, 0.6) is 0 Å². The van der Waals surface area contributed by atoms with Crippen LogP contribution >= 0.6 is 11.6 Å². The number of nitrogens with zero attached hydrogens (tertiary/aromatic N) is 2. The average molecular weight is 427 g/mol. The summed E-state index contributed by atoms with van der Waals surface area (Å²) in [6.07, 6.45) is 7.58. The van der Waals surface area contributed by atoms with Gasteiger partial charge in [-0.2, -0.15) is 0 Å². The number of hydrogen-bond donors (Lipinski definition) is 0. The van der Waals surface area contributed by atoms with Crippen LogP contribution in [0.25, 0.3) is 11.3 Å². The van der Waals surface area contributed by atoms with E-state index >= 15 is 0 Å². The lowest BCUT2D eigenvalue weighted by molar-refractivity contribution is -0.134. The smallest absolute Gasteiger partial charge is 0.223 e. The van der Waals surface area contributed by atoms with E-state index in [0.717, 1.165) is 55.7 Å². The second-order valence-electron chi connectivity index (χ2n) is 7.71. The van der Waals surface area contributed by atoms with Gasteiger partial charge in [-0.3, -0.25) is 4.79 Å². The highest BCUT2D eigenvalue weighted by molar-refractivity contribution is 6.33. The van der Waals surface area contributed by atoms with Gasteiger partial charge in [-0.1, -0.05) is 43.5 Å². The molecule has 0 bridgehead atoms. The first kappa shape index (κ1) is 20.7. The molecule has 1 aliphatic heterocycles. The molecule has 1 saturated heterocycles. The molecule has 3 heterocycles. The van der Waals surface area contributed by atoms with Gasteiger partial charge in [0.05, 0.1) is 17.3 Å². The molecule has 1 fully saturated rings. The summed E-state index contributed by atoms with van der Waals surface area (Å²) in [5.41, 5.74) is 0.807. The molecule has 3 aromatic rings. The van der Waals surface area contributed by atoms with Crippen molar-refractivity contribution in [3.05, 3.63) is 65.0 Å². The van der Waals surface area contributed by atoms with Crippen molar-refractivity contribution in [2.24, 2.45) is 0 Å². The van der Waals surface area contributed by atoms with E-state index < -0.39 is 0 Å². The molecule has 4 rings (SSSR count). The highest BCUT2D eigenvalue weighted by Crippen LogP contribution is 2.32. The Hall–Kier alpha value is -2.53. The van der Waals surface area contributed by atoms with Crippen LogP contribution in [0.15, 0.2) is 51.4 Å². The van der Waals surface area contributed by atoms with Crippen molar-refractivity contribution in [1.82, 2.24) is 9.88 Å². The Kier molecular flexibility index (Phi) is 6.58. The van der Waals surface area contributed by atoms with Crippen LogP contribution in [0.3, 0.4) is 0 Å². The molecule has 0 radical (unpaired) electrons. The first-order valence-corrected chi connectivity index (χ1v) is 11.1. The Balaban J connectivity index is 1.44. The van der Waals surface area contributed by atoms with Crippen LogP contribution in [-0.2, 0) is 17.6 Å². The Labute approximate surface area is 182 Å². The number of hydrogen-bond acceptors (Lipinski definition) is 4. The van der Waals surface area contributed by atoms with E-state index in [-0.39, 0.29) is 11.9 Å². The summed E-state index contributed by atoms with van der Waals surface area (Å²) in [6, 6.07) is 11.6. The summed E-state index contributed by atoms with van der Waals surface area (Å²) in [6.45, 7) is 2.84. The Morgan fingerprint density at radius 2 is 2.03 bits per heavy atom. The van der Waals surface area contributed by atoms with E-state index in [1.807, 2.05) is 41.3 Å². The van der Waals surface area contributed by atoms with Gasteiger partial charge in [-0.15, -0.1) is 0 Å². The summed E-state index contributed by atoms with van der Waals surface area (Å²) >= 11 is 6.24. The van der Waals surface area contributed by atoms with Crippen molar-refractivity contribution in [3.63, 3.8) is 0 Å². The highest BCUT2D eigenvalue weighted by atomic mass is 35.5. The molecule has 0 spiro atoms. The molecule has 1 unspecified atom stereocenters. The van der Waals surface area contributed by atoms with Crippen LogP contribution in [0, 0.1) is 0 Å². The number of rotatable bonds is 6. The molecule has 5 nitrogen and oxygen atoms in total. The second kappa shape index (κ2) is 9.52. The van der Waals surface area contributed by atoms with Gasteiger partial charge < -0.3 is 13.7 Å². The number of aryl methyl sites for hydroxylation is 2. The van der Waals surface area contributed by atoms with Gasteiger partial charge in [-0.05, 0) is 37.1 Å². The Morgan fingerprint density at radius 1 is 1.17 bits per heavy atom. The maximum Gasteiger partial charge on any atom is 0.223 e. The second-order valence-corrected chi connectivity index (χ2v) is 8.12. The van der Waals surface area contributed by atoms with Crippen molar-refractivity contribution >= 4 is 17.5 Å². The maximum atomic E-state index is 13.1. The van der Waals surface area contributed by atoms with Crippen molar-refractivity contribution in [3.8, 4) is 11.3 Å². The molecule has 6 heteroatoms. The van der Waals surface area contributed by atoms with Gasteiger partial charge in [0.25, 0.3) is 0 Å². The summed E-state index contributed by atoms with van der Waals surface area (Å²) in [7, 11) is 0. The maximum absolute atomic E-state index is 13.1. The van der Waals surface area contributed by atoms with Crippen LogP contribution in [0.4, 0.5) is 0 Å². The number of halogens is 1. The summed E-state index contributed by atoms with van der Waals surface area (Å²) in [5, 5.41) is 0.619. The van der Waals surface area contributed by atoms with Crippen LogP contribution in [-0.4, -0.2) is 22.3 Å². The molecular weight excluding hydrogens is 400 g/mol. The fourth-order valence-corrected chi connectivity index (χ4v) is 4.26. The normalized spacial score (nSPS) is 17.1. The zero-order valence-electron chi connectivity index (χ0n) is 17.3. The lowest BCUT2D eigenvalue weighted by Crippen LogP contribution is -2.34. The van der Waals surface area contributed by atoms with Crippen molar-refractivity contribution < 1.29 is 13.6 Å². The van der Waals surface area contributed by atoms with Crippen LogP contribution in [0.1, 0.15) is 62.5 Å². The monoisotopic (exact) mass is 426 g/mol. The molecule has 2 aromatic heterocycles. The SMILES string of the molecule is CCc1ccc(C2CCCCCN2C(=O)CCc2ncc(-c3ccccc3Cl)o2)o1. The Bertz CT molecular complexity index is 994. The van der Waals surface area contributed by atoms with Crippen molar-refractivity contribution in [2.45, 2.75) is 57.9 Å². The van der Waals surface area contributed by atoms with Gasteiger partial charge in [0, 0.05) is 31.4 Å². The van der Waals surface area contributed by atoms with E-state index in [1.165, 1.54) is 0 Å². The topological polar surface area (TPSA) is 59.5 Å². The third-order valence-electron chi connectivity index (χ3n) is 5.68. The zero-order chi connectivity index (χ0) is 20.9. The van der Waals surface area contributed by atoms with E-state index in [9.17, 15) is 4.79 Å². The fraction of sp³-hybridized carbons (Fsp3) is 0.417. The first-order valence-electron chi connectivity index (χ1n) is 10.7. The van der Waals surface area contributed by atoms with Gasteiger partial charge in [0.1, 0.15) is 11.5 Å². The molecule has 1 amide bonds. The molecular formula is C24H27ClN2O3. The summed E-state index contributed by atoms with van der Waals surface area (Å²) < 4.78 is 11.9. The van der Waals surface area contributed by atoms with Crippen LogP contribution in [0.2, 0.25) is 5.02 Å². The minimum Gasteiger partial charge on any atom is -0.464 e. The average Bonchev–Trinajstić information content (AvgIpc) is 3.36. The highest BCUT2D eigenvalue weighted by Gasteiger charge is 2.29. The molecule has 30 heavy (non-hydrogen) atoms. The molecule has 1 atom stereocenters. The third-order valence-corrected chi connectivity index (χ3v) is 6.01. The number of amides is 1. The molecule has 0 aliphatic carbocycles. The number of carbonyl (C=O) groups excluding carboxylic acids is 1. The predicted octanol–water partition coefficient (Wildman–Crippen LogP) is 6.23. The lowest BCUT2D eigenvalue weighted by Gasteiger charge is -2.28. The minimum absolute atomic E-state index is 0.0172. The molecule has 1 aliphatic rings. The quantitative estimate of drug-likeness (QED) is 0.469. The van der Waals surface area contributed by atoms with Crippen molar-refractivity contribution in [2.75, 3.05) is 6.54 Å². The van der Waals surface area contributed by atoms with E-state index in [0.29, 0.717) is 29.5 Å². The Morgan fingerprint density at radius 3 is 2.83 bits per heavy atom. The van der Waals surface area contributed by atoms with E-state index in [1.54, 1.807) is 6.20 Å². The molecule has 0 N–H and O–H groups in total. The summed E-state index contributed by atoms with van der Waals surface area (Å²) in [4.78, 5) is 19.4. The lowest BCUT2D eigenvalue weighted by atomic mass is 10.1. The zero-order valence-corrected chi connectivity index (χ0v) is 18.0. The van der Waals surface area contributed by atoms with Gasteiger partial charge >= 0.3 is 0 Å². The molecule has 158 valence electrons. The molecule has 1 aromatic carbocycles. The van der Waals surface area contributed by atoms with Gasteiger partial charge in [-0.25, -0.2) is 4.98 Å². The minimum atomic E-state index is 0.0172. The largest absolute Gasteiger partial charge is 0.464 e. The van der Waals surface area contributed by atoms with Crippen molar-refractivity contribution in [1.29, 1.82) is 0 Å². The summed E-state index contributed by atoms with van der Waals surface area (Å²) in [5.74, 6) is 3.16. The van der Waals surface area contributed by atoms with E-state index in [2.05, 4.69) is 11.9 Å². The molecule has 0 saturated carbocycles. The standard InChI is InChI=1S/C24H27ClN2O3/c1-2-17-11-12-21(29-17)20-10-4-3-7-15-27(20)24(28)14-13-23-26-16-22(30-23)18-8-5-6-9-19(18)25/h5-6,8-9,11-12,16,20H,2-4,7,10,13-15H2,1H3. The first-order chi connectivity index (χ1) is 14.7. The number of furan rings is 1. The van der Waals surface area contributed by atoms with Gasteiger partial charge in [0.15, 0.2) is 11.7 Å². The predicted molar refractivity (Wildman–Crippen MR) is 116 cm³/mol. The number of likely N-dealkylation sites (tertiary alicyclic amines) is 1. The van der Waals surface area contributed by atoms with Crippen LogP contribution < -0.4 is 0 Å². The number of aromatic nitrogens is 1. The number of carbonyl (C=O) groups is 1. The third kappa shape index (κ3) is 4.62. The fourth-order valence-electron chi connectivity index (χ4n) is 4.04. The van der Waals surface area contributed by atoms with Gasteiger partial charge in [0.2, 0.25) is 5.91 Å². The number of oxazole rings is 1. The number of benzene rings is 1.